The number of aromatic amines is 1. The Hall–Kier alpha value is -2.83. The molecule has 3 N–H and O–H groups in total. The van der Waals surface area contributed by atoms with Crippen LogP contribution in [-0.4, -0.2) is 46.9 Å². The molecule has 26 heavy (non-hydrogen) atoms. The van der Waals surface area contributed by atoms with E-state index in [9.17, 15) is 14.4 Å². The van der Waals surface area contributed by atoms with Crippen molar-refractivity contribution in [1.82, 2.24) is 20.5 Å². The summed E-state index contributed by atoms with van der Waals surface area (Å²) in [6, 6.07) is 6.69. The molecular weight excluding hydrogens is 332 g/mol. The van der Waals surface area contributed by atoms with Gasteiger partial charge in [-0.3, -0.25) is 14.5 Å². The third-order valence-electron chi connectivity index (χ3n) is 4.48. The molecule has 1 aromatic carbocycles. The summed E-state index contributed by atoms with van der Waals surface area (Å²) in [7, 11) is 0. The van der Waals surface area contributed by atoms with Crippen LogP contribution in [-0.2, 0) is 16.0 Å². The number of carbonyl (C=O) groups is 3. The van der Waals surface area contributed by atoms with Gasteiger partial charge in [0.25, 0.3) is 5.91 Å². The van der Waals surface area contributed by atoms with Crippen molar-refractivity contribution in [3.63, 3.8) is 0 Å². The SMILES string of the molecule is CC(C)CNC(=O)C[C@H]1NC(=O)N(CCc2c[nH]c3ccccc23)C1=O. The number of imide groups is 1. The van der Waals surface area contributed by atoms with Crippen molar-refractivity contribution in [2.24, 2.45) is 5.92 Å². The number of H-pyrrole nitrogens is 1. The van der Waals surface area contributed by atoms with E-state index in [-0.39, 0.29) is 24.8 Å². The molecule has 7 nitrogen and oxygen atoms in total. The lowest BCUT2D eigenvalue weighted by Crippen LogP contribution is -2.37. The first kappa shape index (κ1) is 18.0. The van der Waals surface area contributed by atoms with Gasteiger partial charge in [-0.25, -0.2) is 4.79 Å². The van der Waals surface area contributed by atoms with Crippen LogP contribution in [0.5, 0.6) is 0 Å². The second kappa shape index (κ2) is 7.59. The zero-order valence-electron chi connectivity index (χ0n) is 15.0. The van der Waals surface area contributed by atoms with Gasteiger partial charge in [0.2, 0.25) is 5.91 Å². The molecule has 138 valence electrons. The summed E-state index contributed by atoms with van der Waals surface area (Å²) in [6.07, 6.45) is 2.44. The van der Waals surface area contributed by atoms with Gasteiger partial charge in [0.1, 0.15) is 6.04 Å². The summed E-state index contributed by atoms with van der Waals surface area (Å²) in [6.45, 7) is 4.83. The number of benzene rings is 1. The lowest BCUT2D eigenvalue weighted by Gasteiger charge is -2.13. The summed E-state index contributed by atoms with van der Waals surface area (Å²) in [5.74, 6) is -0.231. The van der Waals surface area contributed by atoms with Crippen LogP contribution in [0.3, 0.4) is 0 Å². The predicted octanol–water partition coefficient (Wildman–Crippen LogP) is 1.79. The van der Waals surface area contributed by atoms with Crippen LogP contribution in [0.25, 0.3) is 10.9 Å². The molecule has 0 aliphatic carbocycles. The maximum atomic E-state index is 12.5. The van der Waals surface area contributed by atoms with Crippen LogP contribution in [0.1, 0.15) is 25.8 Å². The minimum Gasteiger partial charge on any atom is -0.361 e. The molecule has 3 rings (SSSR count). The number of carbonyl (C=O) groups excluding carboxylic acids is 3. The number of fused-ring (bicyclic) bond motifs is 1. The maximum absolute atomic E-state index is 12.5. The third-order valence-corrected chi connectivity index (χ3v) is 4.48. The summed E-state index contributed by atoms with van der Waals surface area (Å²) in [5.41, 5.74) is 2.08. The Kier molecular flexibility index (Phi) is 5.25. The van der Waals surface area contributed by atoms with Gasteiger partial charge in [-0.15, -0.1) is 0 Å². The molecular formula is C19H24N4O3. The van der Waals surface area contributed by atoms with E-state index in [0.717, 1.165) is 16.5 Å². The lowest BCUT2D eigenvalue weighted by atomic mass is 10.1. The van der Waals surface area contributed by atoms with Crippen molar-refractivity contribution in [2.75, 3.05) is 13.1 Å². The highest BCUT2D eigenvalue weighted by Crippen LogP contribution is 2.19. The van der Waals surface area contributed by atoms with Crippen molar-refractivity contribution in [3.8, 4) is 0 Å². The average molecular weight is 356 g/mol. The third kappa shape index (κ3) is 3.87. The number of nitrogens with one attached hydrogen (secondary N) is 3. The maximum Gasteiger partial charge on any atom is 0.324 e. The van der Waals surface area contributed by atoms with Crippen LogP contribution >= 0.6 is 0 Å². The Labute approximate surface area is 152 Å². The van der Waals surface area contributed by atoms with Crippen LogP contribution in [0.4, 0.5) is 4.79 Å². The Bertz CT molecular complexity index is 827. The Morgan fingerprint density at radius 2 is 2.04 bits per heavy atom. The van der Waals surface area contributed by atoms with E-state index >= 15 is 0 Å². The highest BCUT2D eigenvalue weighted by molar-refractivity contribution is 6.05. The van der Waals surface area contributed by atoms with E-state index in [0.29, 0.717) is 18.9 Å². The normalized spacial score (nSPS) is 17.2. The molecule has 0 spiro atoms. The molecule has 1 fully saturated rings. The summed E-state index contributed by atoms with van der Waals surface area (Å²) < 4.78 is 0. The molecule has 1 atom stereocenters. The van der Waals surface area contributed by atoms with E-state index in [4.69, 9.17) is 0 Å². The van der Waals surface area contributed by atoms with Crippen molar-refractivity contribution >= 4 is 28.7 Å². The first-order valence-corrected chi connectivity index (χ1v) is 8.89. The summed E-state index contributed by atoms with van der Waals surface area (Å²) in [4.78, 5) is 40.9. The van der Waals surface area contributed by atoms with Crippen LogP contribution < -0.4 is 10.6 Å². The predicted molar refractivity (Wildman–Crippen MR) is 98.5 cm³/mol. The number of nitrogens with zero attached hydrogens (tertiary/aromatic N) is 1. The van der Waals surface area contributed by atoms with E-state index < -0.39 is 12.1 Å². The zero-order chi connectivity index (χ0) is 18.7. The molecule has 2 heterocycles. The summed E-state index contributed by atoms with van der Waals surface area (Å²) >= 11 is 0. The fraction of sp³-hybridized carbons (Fsp3) is 0.421. The summed E-state index contributed by atoms with van der Waals surface area (Å²) in [5, 5.41) is 6.46. The number of amides is 4. The molecule has 7 heteroatoms. The monoisotopic (exact) mass is 356 g/mol. The van der Waals surface area contributed by atoms with E-state index in [1.165, 1.54) is 4.90 Å². The zero-order valence-corrected chi connectivity index (χ0v) is 15.0. The number of rotatable bonds is 7. The van der Waals surface area contributed by atoms with Crippen LogP contribution in [0.15, 0.2) is 30.5 Å². The van der Waals surface area contributed by atoms with Gasteiger partial charge in [-0.1, -0.05) is 32.0 Å². The number of hydrogen-bond donors (Lipinski definition) is 3. The molecule has 1 aromatic heterocycles. The Balaban J connectivity index is 1.58. The quantitative estimate of drug-likeness (QED) is 0.660. The second-order valence-electron chi connectivity index (χ2n) is 7.00. The Morgan fingerprint density at radius 3 is 2.81 bits per heavy atom. The molecule has 0 unspecified atom stereocenters. The van der Waals surface area contributed by atoms with Gasteiger partial charge < -0.3 is 15.6 Å². The lowest BCUT2D eigenvalue weighted by molar-refractivity contribution is -0.130. The Morgan fingerprint density at radius 1 is 1.27 bits per heavy atom. The van der Waals surface area contributed by atoms with E-state index in [1.54, 1.807) is 0 Å². The highest BCUT2D eigenvalue weighted by atomic mass is 16.2. The van der Waals surface area contributed by atoms with Gasteiger partial charge >= 0.3 is 6.03 Å². The van der Waals surface area contributed by atoms with Crippen molar-refractivity contribution in [3.05, 3.63) is 36.0 Å². The van der Waals surface area contributed by atoms with Crippen LogP contribution in [0.2, 0.25) is 0 Å². The second-order valence-corrected chi connectivity index (χ2v) is 7.00. The minimum atomic E-state index is -0.780. The smallest absolute Gasteiger partial charge is 0.324 e. The highest BCUT2D eigenvalue weighted by Gasteiger charge is 2.38. The first-order chi connectivity index (χ1) is 12.5. The number of hydrogen-bond acceptors (Lipinski definition) is 3. The van der Waals surface area contributed by atoms with Crippen molar-refractivity contribution < 1.29 is 14.4 Å². The molecule has 1 saturated heterocycles. The van der Waals surface area contributed by atoms with E-state index in [2.05, 4.69) is 15.6 Å². The van der Waals surface area contributed by atoms with Crippen LogP contribution in [0, 0.1) is 5.92 Å². The van der Waals surface area contributed by atoms with Gasteiger partial charge in [0.15, 0.2) is 0 Å². The number of urea groups is 1. The van der Waals surface area contributed by atoms with Crippen molar-refractivity contribution in [1.29, 1.82) is 0 Å². The fourth-order valence-electron chi connectivity index (χ4n) is 3.07. The number of aromatic nitrogens is 1. The first-order valence-electron chi connectivity index (χ1n) is 8.89. The fourth-order valence-corrected chi connectivity index (χ4v) is 3.07. The largest absolute Gasteiger partial charge is 0.361 e. The topological polar surface area (TPSA) is 94.3 Å². The van der Waals surface area contributed by atoms with Gasteiger partial charge in [-0.05, 0) is 24.0 Å². The molecule has 0 radical (unpaired) electrons. The standard InChI is InChI=1S/C19H24N4O3/c1-12(2)10-21-17(24)9-16-18(25)23(19(26)22-16)8-7-13-11-20-15-6-4-3-5-14(13)15/h3-6,11-12,16,20H,7-10H2,1-2H3,(H,21,24)(H,22,26)/t16-/m1/s1. The van der Waals surface area contributed by atoms with E-state index in [1.807, 2.05) is 44.3 Å². The van der Waals surface area contributed by atoms with Gasteiger partial charge in [0, 0.05) is 30.2 Å². The molecule has 1 aliphatic heterocycles. The van der Waals surface area contributed by atoms with Gasteiger partial charge in [0.05, 0.1) is 6.42 Å². The molecule has 2 aromatic rings. The molecule has 4 amide bonds. The average Bonchev–Trinajstić information content (AvgIpc) is 3.13. The molecule has 0 saturated carbocycles. The minimum absolute atomic E-state index is 0.0269. The molecule has 0 bridgehead atoms. The van der Waals surface area contributed by atoms with Crippen molar-refractivity contribution in [2.45, 2.75) is 32.7 Å². The van der Waals surface area contributed by atoms with Gasteiger partial charge in [-0.2, -0.15) is 0 Å². The number of para-hydroxylation sites is 1. The molecule has 1 aliphatic rings.